The highest BCUT2D eigenvalue weighted by Crippen LogP contribution is 2.35. The maximum atomic E-state index is 14.0. The zero-order chi connectivity index (χ0) is 15.0. The molecule has 1 aromatic heterocycles. The number of anilines is 1. The zero-order valence-corrected chi connectivity index (χ0v) is 11.7. The predicted molar refractivity (Wildman–Crippen MR) is 82.6 cm³/mol. The van der Waals surface area contributed by atoms with Crippen LogP contribution in [0.25, 0.3) is 22.6 Å². The summed E-state index contributed by atoms with van der Waals surface area (Å²) < 4.78 is 15.3. The third-order valence-electron chi connectivity index (χ3n) is 3.18. The third kappa shape index (κ3) is 2.21. The molecule has 0 unspecified atom stereocenters. The number of nitrogens with two attached hydrogens (primary N) is 2. The molecule has 4 N–H and O–H groups in total. The summed E-state index contributed by atoms with van der Waals surface area (Å²) in [5.41, 5.74) is 7.13. The van der Waals surface area contributed by atoms with Crippen molar-refractivity contribution in [3.8, 4) is 22.6 Å². The van der Waals surface area contributed by atoms with Gasteiger partial charge in [-0.15, -0.1) is 0 Å². The summed E-state index contributed by atoms with van der Waals surface area (Å²) in [6.45, 7) is 0. The van der Waals surface area contributed by atoms with E-state index in [9.17, 15) is 4.39 Å². The molecule has 0 amide bonds. The van der Waals surface area contributed by atoms with E-state index in [1.54, 1.807) is 6.07 Å². The Morgan fingerprint density at radius 2 is 1.76 bits per heavy atom. The van der Waals surface area contributed by atoms with E-state index in [4.69, 9.17) is 23.2 Å². The van der Waals surface area contributed by atoms with Crippen LogP contribution in [0.15, 0.2) is 48.5 Å². The summed E-state index contributed by atoms with van der Waals surface area (Å²) in [6, 6.07) is 13.7. The fourth-order valence-corrected chi connectivity index (χ4v) is 2.40. The molecule has 3 aromatic rings. The van der Waals surface area contributed by atoms with Gasteiger partial charge in [-0.25, -0.2) is 14.1 Å². The topological polar surface area (TPSA) is 69.9 Å². The number of hydrogen-bond donors (Lipinski definition) is 2. The molecule has 0 atom stereocenters. The normalized spacial score (nSPS) is 10.8. The van der Waals surface area contributed by atoms with Gasteiger partial charge in [-0.1, -0.05) is 48.0 Å². The van der Waals surface area contributed by atoms with Gasteiger partial charge < -0.3 is 11.6 Å². The Labute approximate surface area is 125 Å². The van der Waals surface area contributed by atoms with Gasteiger partial charge in [0.1, 0.15) is 11.5 Å². The lowest BCUT2D eigenvalue weighted by molar-refractivity contribution is 0.631. The van der Waals surface area contributed by atoms with Gasteiger partial charge in [-0.2, -0.15) is 0 Å². The lowest BCUT2D eigenvalue weighted by atomic mass is 10.1. The van der Waals surface area contributed by atoms with Crippen LogP contribution < -0.4 is 11.6 Å². The first-order valence-corrected chi connectivity index (χ1v) is 6.60. The van der Waals surface area contributed by atoms with Crippen LogP contribution in [0.4, 0.5) is 10.2 Å². The van der Waals surface area contributed by atoms with Gasteiger partial charge in [0.05, 0.1) is 10.6 Å². The van der Waals surface area contributed by atoms with Crippen molar-refractivity contribution in [3.63, 3.8) is 0 Å². The summed E-state index contributed by atoms with van der Waals surface area (Å²) in [7, 11) is 0. The first kappa shape index (κ1) is 13.5. The molecule has 0 aliphatic carbocycles. The van der Waals surface area contributed by atoms with Gasteiger partial charge in [-0.05, 0) is 12.1 Å². The van der Waals surface area contributed by atoms with Crippen LogP contribution in [0.2, 0.25) is 5.02 Å². The van der Waals surface area contributed by atoms with E-state index in [2.05, 4.69) is 4.98 Å². The summed E-state index contributed by atoms with van der Waals surface area (Å²) in [4.78, 5) is 4.36. The SMILES string of the molecule is Nc1c(-c2c(F)cccc2Cl)nc(-c2ccccc2)n1N. The number of nitrogens with zero attached hydrogens (tertiary/aromatic N) is 2. The molecule has 6 heteroatoms. The molecule has 2 aromatic carbocycles. The van der Waals surface area contributed by atoms with E-state index in [-0.39, 0.29) is 22.1 Å². The lowest BCUT2D eigenvalue weighted by Crippen LogP contribution is -2.13. The van der Waals surface area contributed by atoms with Crippen molar-refractivity contribution >= 4 is 17.4 Å². The average Bonchev–Trinajstić information content (AvgIpc) is 2.77. The second-order valence-electron chi connectivity index (χ2n) is 4.50. The van der Waals surface area contributed by atoms with Gasteiger partial charge in [-0.3, -0.25) is 0 Å². The average molecular weight is 303 g/mol. The second-order valence-corrected chi connectivity index (χ2v) is 4.91. The number of rotatable bonds is 2. The summed E-state index contributed by atoms with van der Waals surface area (Å²) in [5, 5.41) is 0.236. The molecule has 21 heavy (non-hydrogen) atoms. The number of aromatic nitrogens is 2. The van der Waals surface area contributed by atoms with Gasteiger partial charge in [0.15, 0.2) is 11.6 Å². The Hall–Kier alpha value is -2.53. The quantitative estimate of drug-likeness (QED) is 0.714. The Morgan fingerprint density at radius 1 is 1.05 bits per heavy atom. The van der Waals surface area contributed by atoms with Crippen LogP contribution in [0.1, 0.15) is 0 Å². The van der Waals surface area contributed by atoms with Crippen molar-refractivity contribution in [2.24, 2.45) is 0 Å². The van der Waals surface area contributed by atoms with E-state index < -0.39 is 5.82 Å². The van der Waals surface area contributed by atoms with E-state index in [1.165, 1.54) is 16.8 Å². The molecular formula is C15H12ClFN4. The molecule has 0 bridgehead atoms. The molecule has 3 rings (SSSR count). The molecule has 0 aliphatic rings. The maximum absolute atomic E-state index is 14.0. The van der Waals surface area contributed by atoms with Crippen LogP contribution in [0.3, 0.4) is 0 Å². The van der Waals surface area contributed by atoms with Crippen molar-refractivity contribution < 1.29 is 4.39 Å². The molecule has 0 aliphatic heterocycles. The standard InChI is InChI=1S/C15H12ClFN4/c16-10-7-4-8-11(17)12(10)13-14(18)21(19)15(20-13)9-5-2-1-3-6-9/h1-8H,18-19H2. The monoisotopic (exact) mass is 302 g/mol. The molecule has 0 saturated carbocycles. The number of halogens is 2. The van der Waals surface area contributed by atoms with E-state index in [1.807, 2.05) is 30.3 Å². The number of benzene rings is 2. The fraction of sp³-hybridized carbons (Fsp3) is 0. The minimum Gasteiger partial charge on any atom is -0.382 e. The Balaban J connectivity index is 2.23. The smallest absolute Gasteiger partial charge is 0.160 e. The first-order chi connectivity index (χ1) is 10.1. The van der Waals surface area contributed by atoms with Gasteiger partial charge in [0.2, 0.25) is 0 Å². The van der Waals surface area contributed by atoms with Crippen molar-refractivity contribution in [2.75, 3.05) is 11.6 Å². The van der Waals surface area contributed by atoms with E-state index >= 15 is 0 Å². The lowest BCUT2D eigenvalue weighted by Gasteiger charge is -2.04. The predicted octanol–water partition coefficient (Wildman–Crippen LogP) is 3.31. The van der Waals surface area contributed by atoms with Crippen LogP contribution in [-0.4, -0.2) is 9.66 Å². The largest absolute Gasteiger partial charge is 0.382 e. The van der Waals surface area contributed by atoms with Crippen molar-refractivity contribution in [3.05, 3.63) is 59.4 Å². The molecule has 0 radical (unpaired) electrons. The molecule has 0 fully saturated rings. The summed E-state index contributed by atoms with van der Waals surface area (Å²) >= 11 is 6.06. The second kappa shape index (κ2) is 5.10. The third-order valence-corrected chi connectivity index (χ3v) is 3.49. The Morgan fingerprint density at radius 3 is 2.43 bits per heavy atom. The molecule has 106 valence electrons. The molecular weight excluding hydrogens is 291 g/mol. The number of hydrogen-bond acceptors (Lipinski definition) is 3. The molecule has 0 spiro atoms. The van der Waals surface area contributed by atoms with E-state index in [0.717, 1.165) is 5.56 Å². The highest BCUT2D eigenvalue weighted by Gasteiger charge is 2.20. The van der Waals surface area contributed by atoms with Crippen molar-refractivity contribution in [1.29, 1.82) is 0 Å². The van der Waals surface area contributed by atoms with Crippen molar-refractivity contribution in [2.45, 2.75) is 0 Å². The molecule has 0 saturated heterocycles. The van der Waals surface area contributed by atoms with Crippen LogP contribution >= 0.6 is 11.6 Å². The zero-order valence-electron chi connectivity index (χ0n) is 10.9. The fourth-order valence-electron chi connectivity index (χ4n) is 2.14. The van der Waals surface area contributed by atoms with Gasteiger partial charge in [0, 0.05) is 5.56 Å². The highest BCUT2D eigenvalue weighted by molar-refractivity contribution is 6.33. The number of nitrogen functional groups attached to an aromatic ring is 2. The van der Waals surface area contributed by atoms with Gasteiger partial charge >= 0.3 is 0 Å². The highest BCUT2D eigenvalue weighted by atomic mass is 35.5. The first-order valence-electron chi connectivity index (χ1n) is 6.22. The van der Waals surface area contributed by atoms with Crippen molar-refractivity contribution in [1.82, 2.24) is 9.66 Å². The molecule has 4 nitrogen and oxygen atoms in total. The van der Waals surface area contributed by atoms with Crippen LogP contribution in [0.5, 0.6) is 0 Å². The number of imidazole rings is 1. The Kier molecular flexibility index (Phi) is 3.27. The van der Waals surface area contributed by atoms with E-state index in [0.29, 0.717) is 5.82 Å². The maximum Gasteiger partial charge on any atom is 0.160 e. The van der Waals surface area contributed by atoms with Crippen LogP contribution in [-0.2, 0) is 0 Å². The van der Waals surface area contributed by atoms with Crippen LogP contribution in [0, 0.1) is 5.82 Å². The van der Waals surface area contributed by atoms with Gasteiger partial charge in [0.25, 0.3) is 0 Å². The Bertz CT molecular complexity index is 779. The molecule has 1 heterocycles. The minimum atomic E-state index is -0.494. The minimum absolute atomic E-state index is 0.151. The summed E-state index contributed by atoms with van der Waals surface area (Å²) in [5.74, 6) is 6.04. The summed E-state index contributed by atoms with van der Waals surface area (Å²) in [6.07, 6.45) is 0.